The Hall–Kier alpha value is -0.653. The molecule has 2 bridgehead atoms. The first-order chi connectivity index (χ1) is 9.17. The van der Waals surface area contributed by atoms with Crippen LogP contribution in [0.4, 0.5) is 0 Å². The van der Waals surface area contributed by atoms with E-state index in [0.29, 0.717) is 21.4 Å². The van der Waals surface area contributed by atoms with Crippen LogP contribution in [-0.2, 0) is 19.0 Å². The molecule has 0 aromatic heterocycles. The number of esters is 1. The van der Waals surface area contributed by atoms with Gasteiger partial charge in [-0.2, -0.15) is 0 Å². The molecule has 0 N–H and O–H groups in total. The molecule has 1 fully saturated rings. The van der Waals surface area contributed by atoms with Gasteiger partial charge in [-0.1, -0.05) is 19.1 Å². The van der Waals surface area contributed by atoms with Gasteiger partial charge in [0.2, 0.25) is 0 Å². The van der Waals surface area contributed by atoms with Crippen LogP contribution in [0.25, 0.3) is 0 Å². The van der Waals surface area contributed by atoms with Crippen molar-refractivity contribution in [1.82, 2.24) is 0 Å². The number of fused-ring (bicyclic) bond motifs is 2. The lowest BCUT2D eigenvalue weighted by Crippen LogP contribution is -2.36. The van der Waals surface area contributed by atoms with E-state index in [1.165, 1.54) is 0 Å². The number of carbonyl (C=O) groups excluding carboxylic acids is 1. The minimum atomic E-state index is -0.280. The fourth-order valence-corrected chi connectivity index (χ4v) is 3.89. The summed E-state index contributed by atoms with van der Waals surface area (Å²) in [4.78, 5) is 12.2. The van der Waals surface area contributed by atoms with E-state index >= 15 is 0 Å². The van der Waals surface area contributed by atoms with Crippen LogP contribution in [-0.4, -0.2) is 41.3 Å². The van der Waals surface area contributed by atoms with Crippen LogP contribution in [0.2, 0.25) is 0 Å². The number of hydrogen-bond acceptors (Lipinski definition) is 4. The maximum absolute atomic E-state index is 12.2. The second-order valence-corrected chi connectivity index (χ2v) is 6.64. The number of methoxy groups -OCH3 is 2. The molecule has 5 heteroatoms. The highest BCUT2D eigenvalue weighted by atomic mass is 28.2. The number of rotatable bonds is 7. The molecule has 1 saturated carbocycles. The van der Waals surface area contributed by atoms with Gasteiger partial charge in [0.25, 0.3) is 0 Å². The van der Waals surface area contributed by atoms with E-state index in [0.717, 1.165) is 19.3 Å². The van der Waals surface area contributed by atoms with Crippen molar-refractivity contribution in [2.24, 2.45) is 17.8 Å². The SMILES string of the molecule is CCC(OC(=O)C1CC2C=CC1C2)[Si]C(OC)OC. The Balaban J connectivity index is 1.84. The minimum Gasteiger partial charge on any atom is -0.466 e. The summed E-state index contributed by atoms with van der Waals surface area (Å²) in [7, 11) is 3.54. The Morgan fingerprint density at radius 2 is 2.05 bits per heavy atom. The molecule has 4 unspecified atom stereocenters. The van der Waals surface area contributed by atoms with Crippen LogP contribution in [0.5, 0.6) is 0 Å². The third-order valence-corrected chi connectivity index (χ3v) is 5.60. The third-order valence-electron chi connectivity index (χ3n) is 3.96. The van der Waals surface area contributed by atoms with Crippen LogP contribution in [0.3, 0.4) is 0 Å². The molecule has 0 aromatic carbocycles. The second kappa shape index (κ2) is 6.68. The van der Waals surface area contributed by atoms with Crippen molar-refractivity contribution in [1.29, 1.82) is 0 Å². The van der Waals surface area contributed by atoms with E-state index < -0.39 is 0 Å². The highest BCUT2D eigenvalue weighted by Gasteiger charge is 2.41. The van der Waals surface area contributed by atoms with E-state index in [1.54, 1.807) is 14.2 Å². The van der Waals surface area contributed by atoms with Crippen molar-refractivity contribution in [3.05, 3.63) is 12.2 Å². The lowest BCUT2D eigenvalue weighted by atomic mass is 9.94. The Morgan fingerprint density at radius 3 is 2.53 bits per heavy atom. The average Bonchev–Trinajstić information content (AvgIpc) is 3.05. The maximum Gasteiger partial charge on any atom is 0.309 e. The van der Waals surface area contributed by atoms with E-state index in [2.05, 4.69) is 12.2 Å². The quantitative estimate of drug-likeness (QED) is 0.309. The molecule has 0 aromatic rings. The molecule has 0 amide bonds. The van der Waals surface area contributed by atoms with Gasteiger partial charge >= 0.3 is 5.97 Å². The molecule has 19 heavy (non-hydrogen) atoms. The Bertz CT molecular complexity index is 340. The second-order valence-electron chi connectivity index (χ2n) is 5.19. The summed E-state index contributed by atoms with van der Waals surface area (Å²) < 4.78 is 16.0. The molecule has 4 nitrogen and oxygen atoms in total. The summed E-state index contributed by atoms with van der Waals surface area (Å²) in [6, 6.07) is 0. The highest BCUT2D eigenvalue weighted by Crippen LogP contribution is 2.44. The van der Waals surface area contributed by atoms with Gasteiger partial charge in [0.15, 0.2) is 9.52 Å². The van der Waals surface area contributed by atoms with Gasteiger partial charge in [0, 0.05) is 14.2 Å². The first-order valence-corrected chi connectivity index (χ1v) is 8.03. The first-order valence-electron chi connectivity index (χ1n) is 6.88. The van der Waals surface area contributed by atoms with Gasteiger partial charge in [-0.05, 0) is 31.1 Å². The summed E-state index contributed by atoms with van der Waals surface area (Å²) in [5.41, 5.74) is -0.0968. The van der Waals surface area contributed by atoms with Crippen molar-refractivity contribution in [2.45, 2.75) is 37.8 Å². The summed E-state index contributed by atoms with van der Waals surface area (Å²) in [5.74, 6) is 0.743. The van der Waals surface area contributed by atoms with E-state index in [1.807, 2.05) is 6.92 Å². The third kappa shape index (κ3) is 3.46. The lowest BCUT2D eigenvalue weighted by Gasteiger charge is -2.23. The van der Waals surface area contributed by atoms with Crippen molar-refractivity contribution >= 4 is 15.5 Å². The fraction of sp³-hybridized carbons (Fsp3) is 0.786. The van der Waals surface area contributed by atoms with Gasteiger partial charge in [-0.15, -0.1) is 0 Å². The highest BCUT2D eigenvalue weighted by molar-refractivity contribution is 6.38. The van der Waals surface area contributed by atoms with Crippen molar-refractivity contribution in [2.75, 3.05) is 14.2 Å². The molecule has 2 radical (unpaired) electrons. The molecule has 2 aliphatic carbocycles. The molecule has 0 heterocycles. The summed E-state index contributed by atoms with van der Waals surface area (Å²) in [5, 5.41) is 0. The first kappa shape index (κ1) is 14.7. The Labute approximate surface area is 117 Å². The van der Waals surface area contributed by atoms with Crippen molar-refractivity contribution in [3.8, 4) is 0 Å². The number of hydrogen-bond donors (Lipinski definition) is 0. The van der Waals surface area contributed by atoms with Crippen LogP contribution in [0, 0.1) is 17.8 Å². The summed E-state index contributed by atoms with van der Waals surface area (Å²) in [6.45, 7) is 2.02. The molecule has 2 aliphatic rings. The van der Waals surface area contributed by atoms with Crippen molar-refractivity contribution < 1.29 is 19.0 Å². The standard InChI is InChI=1S/C14H22O4Si/c1-4-12(19-14(16-2)17-3)18-13(15)11-8-9-5-6-10(11)7-9/h5-6,9-12,14H,4,7-8H2,1-3H3. The zero-order valence-electron chi connectivity index (χ0n) is 11.8. The van der Waals surface area contributed by atoms with E-state index in [9.17, 15) is 4.79 Å². The maximum atomic E-state index is 12.2. The Morgan fingerprint density at radius 1 is 1.32 bits per heavy atom. The lowest BCUT2D eigenvalue weighted by molar-refractivity contribution is -0.152. The molecular formula is C14H22O4Si. The zero-order valence-corrected chi connectivity index (χ0v) is 12.8. The smallest absolute Gasteiger partial charge is 0.309 e. The number of allylic oxidation sites excluding steroid dienone is 2. The van der Waals surface area contributed by atoms with Crippen LogP contribution in [0.15, 0.2) is 12.2 Å². The number of carbonyl (C=O) groups is 1. The van der Waals surface area contributed by atoms with Crippen molar-refractivity contribution in [3.63, 3.8) is 0 Å². The molecule has 0 spiro atoms. The average molecular weight is 282 g/mol. The molecule has 4 atom stereocenters. The van der Waals surface area contributed by atoms with Gasteiger partial charge in [0.1, 0.15) is 5.91 Å². The van der Waals surface area contributed by atoms with E-state index in [4.69, 9.17) is 14.2 Å². The van der Waals surface area contributed by atoms with E-state index in [-0.39, 0.29) is 23.5 Å². The summed E-state index contributed by atoms with van der Waals surface area (Å²) in [6.07, 6.45) is 7.29. The van der Waals surface area contributed by atoms with Gasteiger partial charge in [-0.3, -0.25) is 4.79 Å². The van der Waals surface area contributed by atoms with Gasteiger partial charge in [0.05, 0.1) is 11.6 Å². The molecular weight excluding hydrogens is 260 g/mol. The largest absolute Gasteiger partial charge is 0.466 e. The van der Waals surface area contributed by atoms with Crippen LogP contribution < -0.4 is 0 Å². The number of ether oxygens (including phenoxy) is 3. The Kier molecular flexibility index (Phi) is 5.18. The van der Waals surface area contributed by atoms with Gasteiger partial charge in [-0.25, -0.2) is 0 Å². The zero-order chi connectivity index (χ0) is 13.8. The molecule has 0 aliphatic heterocycles. The predicted molar refractivity (Wildman–Crippen MR) is 72.6 cm³/mol. The van der Waals surface area contributed by atoms with Crippen LogP contribution >= 0.6 is 0 Å². The minimum absolute atomic E-state index is 0.0397. The van der Waals surface area contributed by atoms with Crippen LogP contribution in [0.1, 0.15) is 26.2 Å². The monoisotopic (exact) mass is 282 g/mol. The fourth-order valence-electron chi connectivity index (χ4n) is 2.90. The molecule has 106 valence electrons. The molecule has 0 saturated heterocycles. The van der Waals surface area contributed by atoms with Gasteiger partial charge < -0.3 is 14.2 Å². The summed E-state index contributed by atoms with van der Waals surface area (Å²) >= 11 is 0. The normalized spacial score (nSPS) is 30.0. The predicted octanol–water partition coefficient (Wildman–Crippen LogP) is 1.76. The topological polar surface area (TPSA) is 44.8 Å². The molecule has 2 rings (SSSR count).